The first-order valence-corrected chi connectivity index (χ1v) is 12.7. The molecule has 3 heterocycles. The Bertz CT molecular complexity index is 1260. The molecule has 1 atom stereocenters. The number of nitrogens with one attached hydrogen (secondary N) is 2. The van der Waals surface area contributed by atoms with Crippen LogP contribution in [0.1, 0.15) is 46.2 Å². The molecular weight excluding hydrogens is 436 g/mol. The summed E-state index contributed by atoms with van der Waals surface area (Å²) in [5, 5.41) is 14.2. The van der Waals surface area contributed by atoms with Gasteiger partial charge >= 0.3 is 0 Å². The minimum atomic E-state index is -0.196. The zero-order valence-electron chi connectivity index (χ0n) is 16.5. The molecule has 2 aliphatic rings. The number of amides is 1. The van der Waals surface area contributed by atoms with Gasteiger partial charge in [-0.15, -0.1) is 22.7 Å². The van der Waals surface area contributed by atoms with Crippen molar-refractivity contribution in [3.05, 3.63) is 36.8 Å². The highest BCUT2D eigenvalue weighted by molar-refractivity contribution is 7.99. The summed E-state index contributed by atoms with van der Waals surface area (Å²) in [7, 11) is 0. The molecule has 2 aliphatic carbocycles. The number of aromatic amines is 1. The second-order valence-corrected chi connectivity index (χ2v) is 11.1. The quantitative estimate of drug-likeness (QED) is 0.451. The largest absolute Gasteiger partial charge is 0.316 e. The number of nitrogens with zero attached hydrogens (tertiary/aromatic N) is 2. The third-order valence-electron chi connectivity index (χ3n) is 5.77. The van der Waals surface area contributed by atoms with Gasteiger partial charge in [-0.3, -0.25) is 9.59 Å². The Hall–Kier alpha value is -2.15. The molecule has 3 aromatic rings. The molecule has 0 spiro atoms. The average Bonchev–Trinajstić information content (AvgIpc) is 3.38. The normalized spacial score (nSPS) is 17.5. The second-order valence-electron chi connectivity index (χ2n) is 7.91. The number of thioether (sulfide) groups is 1. The Balaban J connectivity index is 1.31. The number of hydrogen-bond acceptors (Lipinski definition) is 7. The third-order valence-corrected chi connectivity index (χ3v) is 9.00. The fraction of sp³-hybridized carbons (Fsp3) is 0.429. The van der Waals surface area contributed by atoms with E-state index in [2.05, 4.69) is 28.3 Å². The van der Waals surface area contributed by atoms with E-state index >= 15 is 0 Å². The Morgan fingerprint density at radius 3 is 3.00 bits per heavy atom. The molecule has 0 radical (unpaired) electrons. The van der Waals surface area contributed by atoms with Crippen LogP contribution < -0.4 is 10.9 Å². The Kier molecular flexibility index (Phi) is 5.17. The van der Waals surface area contributed by atoms with Crippen molar-refractivity contribution in [1.82, 2.24) is 9.97 Å². The van der Waals surface area contributed by atoms with Crippen molar-refractivity contribution in [2.24, 2.45) is 5.92 Å². The van der Waals surface area contributed by atoms with Crippen molar-refractivity contribution >= 4 is 55.6 Å². The highest BCUT2D eigenvalue weighted by atomic mass is 32.2. The van der Waals surface area contributed by atoms with E-state index in [4.69, 9.17) is 0 Å². The summed E-state index contributed by atoms with van der Waals surface area (Å²) in [6, 6.07) is 2.24. The van der Waals surface area contributed by atoms with E-state index < -0.39 is 0 Å². The van der Waals surface area contributed by atoms with Crippen molar-refractivity contribution in [3.63, 3.8) is 0 Å². The molecule has 0 saturated heterocycles. The van der Waals surface area contributed by atoms with Crippen LogP contribution in [0.15, 0.2) is 9.95 Å². The summed E-state index contributed by atoms with van der Waals surface area (Å²) in [6.07, 6.45) is 6.01. The molecule has 0 aromatic carbocycles. The van der Waals surface area contributed by atoms with E-state index in [0.717, 1.165) is 59.9 Å². The molecule has 0 fully saturated rings. The number of H-pyrrole nitrogens is 1. The second kappa shape index (κ2) is 7.84. The van der Waals surface area contributed by atoms with Gasteiger partial charge in [0.15, 0.2) is 5.16 Å². The first kappa shape index (κ1) is 19.8. The van der Waals surface area contributed by atoms with Crippen molar-refractivity contribution < 1.29 is 4.79 Å². The van der Waals surface area contributed by atoms with Gasteiger partial charge in [-0.1, -0.05) is 18.7 Å². The van der Waals surface area contributed by atoms with Gasteiger partial charge in [0.25, 0.3) is 5.56 Å². The zero-order chi connectivity index (χ0) is 20.8. The lowest BCUT2D eigenvalue weighted by molar-refractivity contribution is -0.113. The minimum Gasteiger partial charge on any atom is -0.316 e. The number of hydrogen-bond donors (Lipinski definition) is 2. The summed E-state index contributed by atoms with van der Waals surface area (Å²) >= 11 is 4.33. The van der Waals surface area contributed by atoms with E-state index in [1.165, 1.54) is 32.9 Å². The smallest absolute Gasteiger partial charge is 0.260 e. The number of carbonyl (C=O) groups excluding carboxylic acids is 1. The number of fused-ring (bicyclic) bond motifs is 4. The van der Waals surface area contributed by atoms with Crippen molar-refractivity contribution in [1.29, 1.82) is 5.26 Å². The van der Waals surface area contributed by atoms with Gasteiger partial charge in [0.2, 0.25) is 5.91 Å². The average molecular weight is 457 g/mol. The first-order valence-electron chi connectivity index (χ1n) is 10.0. The summed E-state index contributed by atoms with van der Waals surface area (Å²) in [5.41, 5.74) is 2.75. The molecule has 9 heteroatoms. The van der Waals surface area contributed by atoms with Crippen LogP contribution in [0.25, 0.3) is 10.2 Å². The molecule has 154 valence electrons. The van der Waals surface area contributed by atoms with Gasteiger partial charge in [-0.05, 0) is 55.6 Å². The fourth-order valence-electron chi connectivity index (χ4n) is 4.30. The maximum absolute atomic E-state index is 12.7. The summed E-state index contributed by atoms with van der Waals surface area (Å²) in [6.45, 7) is 2.24. The lowest BCUT2D eigenvalue weighted by atomic mass is 9.89. The van der Waals surface area contributed by atoms with Crippen LogP contribution in [0.5, 0.6) is 0 Å². The number of carbonyl (C=O) groups is 1. The van der Waals surface area contributed by atoms with Gasteiger partial charge in [-0.2, -0.15) is 5.26 Å². The molecule has 5 rings (SSSR count). The van der Waals surface area contributed by atoms with Crippen molar-refractivity contribution in [2.45, 2.75) is 50.6 Å². The van der Waals surface area contributed by atoms with Crippen LogP contribution in [0.4, 0.5) is 5.00 Å². The lowest BCUT2D eigenvalue weighted by Crippen LogP contribution is -2.16. The van der Waals surface area contributed by atoms with Crippen LogP contribution in [-0.2, 0) is 30.5 Å². The number of thiophene rings is 2. The topological polar surface area (TPSA) is 98.6 Å². The van der Waals surface area contributed by atoms with Crippen LogP contribution in [0.2, 0.25) is 0 Å². The zero-order valence-corrected chi connectivity index (χ0v) is 18.9. The van der Waals surface area contributed by atoms with E-state index in [-0.39, 0.29) is 17.2 Å². The predicted molar refractivity (Wildman–Crippen MR) is 122 cm³/mol. The first-order chi connectivity index (χ1) is 14.5. The van der Waals surface area contributed by atoms with E-state index in [9.17, 15) is 14.9 Å². The molecule has 3 aromatic heterocycles. The van der Waals surface area contributed by atoms with Gasteiger partial charge in [0.1, 0.15) is 15.9 Å². The number of nitriles is 1. The summed E-state index contributed by atoms with van der Waals surface area (Å²) in [4.78, 5) is 35.9. The van der Waals surface area contributed by atoms with Gasteiger partial charge in [0.05, 0.1) is 16.7 Å². The number of rotatable bonds is 4. The number of anilines is 1. The van der Waals surface area contributed by atoms with E-state index in [1.807, 2.05) is 0 Å². The maximum Gasteiger partial charge on any atom is 0.260 e. The summed E-state index contributed by atoms with van der Waals surface area (Å²) in [5.74, 6) is 0.571. The number of aromatic nitrogens is 2. The molecule has 2 N–H and O–H groups in total. The van der Waals surface area contributed by atoms with Crippen LogP contribution in [-0.4, -0.2) is 21.6 Å². The predicted octanol–water partition coefficient (Wildman–Crippen LogP) is 4.26. The van der Waals surface area contributed by atoms with Gasteiger partial charge in [-0.25, -0.2) is 4.98 Å². The lowest BCUT2D eigenvalue weighted by Gasteiger charge is -2.17. The third kappa shape index (κ3) is 3.47. The molecule has 6 nitrogen and oxygen atoms in total. The Morgan fingerprint density at radius 1 is 1.30 bits per heavy atom. The molecule has 30 heavy (non-hydrogen) atoms. The monoisotopic (exact) mass is 456 g/mol. The fourth-order valence-corrected chi connectivity index (χ4v) is 7.66. The highest BCUT2D eigenvalue weighted by Crippen LogP contribution is 2.39. The Labute approximate surface area is 185 Å². The van der Waals surface area contributed by atoms with E-state index in [1.54, 1.807) is 11.3 Å². The molecule has 0 bridgehead atoms. The van der Waals surface area contributed by atoms with Crippen LogP contribution >= 0.6 is 34.4 Å². The van der Waals surface area contributed by atoms with Crippen molar-refractivity contribution in [2.75, 3.05) is 11.1 Å². The van der Waals surface area contributed by atoms with Crippen molar-refractivity contribution in [3.8, 4) is 6.07 Å². The number of aryl methyl sites for hydroxylation is 2. The van der Waals surface area contributed by atoms with Crippen LogP contribution in [0.3, 0.4) is 0 Å². The van der Waals surface area contributed by atoms with Gasteiger partial charge < -0.3 is 10.3 Å². The maximum atomic E-state index is 12.7. The molecule has 1 amide bonds. The standard InChI is InChI=1S/C21H20N4O2S3/c1-10-5-6-12-15(7-10)30-20-17(12)18(27)24-21(25-20)28-9-16(26)23-19-13(8-22)11-3-2-4-14(11)29-19/h10H,2-7,9H2,1H3,(H,23,26)(H,24,25,27). The SMILES string of the molecule is CC1CCc2c(sc3nc(SCC(=O)Nc4sc5c(c4C#N)CCC5)[nH]c(=O)c23)C1. The molecule has 0 saturated carbocycles. The van der Waals surface area contributed by atoms with Gasteiger partial charge in [0, 0.05) is 9.75 Å². The minimum absolute atomic E-state index is 0.114. The molecular formula is C21H20N4O2S3. The molecule has 0 aliphatic heterocycles. The summed E-state index contributed by atoms with van der Waals surface area (Å²) < 4.78 is 0. The highest BCUT2D eigenvalue weighted by Gasteiger charge is 2.24. The Morgan fingerprint density at radius 2 is 2.17 bits per heavy atom. The van der Waals surface area contributed by atoms with E-state index in [0.29, 0.717) is 21.6 Å². The van der Waals surface area contributed by atoms with Crippen LogP contribution in [0, 0.1) is 17.2 Å². The molecule has 1 unspecified atom stereocenters.